The van der Waals surface area contributed by atoms with Crippen LogP contribution in [0.5, 0.6) is 0 Å². The van der Waals surface area contributed by atoms with E-state index in [-0.39, 0.29) is 18.7 Å². The maximum Gasteiger partial charge on any atom is 0.271 e. The molecule has 1 rings (SSSR count). The highest BCUT2D eigenvalue weighted by molar-refractivity contribution is 5.21. The number of aromatic nitrogens is 2. The van der Waals surface area contributed by atoms with Gasteiger partial charge in [-0.25, -0.2) is 4.68 Å². The van der Waals surface area contributed by atoms with Gasteiger partial charge in [0.15, 0.2) is 0 Å². The molecule has 0 saturated carbocycles. The second-order valence-corrected chi connectivity index (χ2v) is 4.21. The molecular formula is C11H19N3O2. The van der Waals surface area contributed by atoms with Crippen molar-refractivity contribution in [2.75, 3.05) is 6.61 Å². The van der Waals surface area contributed by atoms with Crippen LogP contribution >= 0.6 is 0 Å². The van der Waals surface area contributed by atoms with E-state index in [0.717, 1.165) is 5.56 Å². The van der Waals surface area contributed by atoms with Gasteiger partial charge in [-0.15, -0.1) is 0 Å². The summed E-state index contributed by atoms with van der Waals surface area (Å²) in [7, 11) is 0. The predicted molar refractivity (Wildman–Crippen MR) is 62.0 cm³/mol. The second-order valence-electron chi connectivity index (χ2n) is 4.21. The molecule has 16 heavy (non-hydrogen) atoms. The molecule has 1 heterocycles. The number of aliphatic hydroxyl groups is 1. The normalized spacial score (nSPS) is 11.1. The molecule has 0 unspecified atom stereocenters. The van der Waals surface area contributed by atoms with Gasteiger partial charge in [0.2, 0.25) is 0 Å². The Morgan fingerprint density at radius 3 is 2.75 bits per heavy atom. The fourth-order valence-electron chi connectivity index (χ4n) is 1.59. The molecule has 1 aromatic heterocycles. The summed E-state index contributed by atoms with van der Waals surface area (Å²) in [5, 5.41) is 13.0. The molecular weight excluding hydrogens is 206 g/mol. The number of hydrogen-bond acceptors (Lipinski definition) is 4. The van der Waals surface area contributed by atoms with Crippen LogP contribution in [0.4, 0.5) is 0 Å². The lowest BCUT2D eigenvalue weighted by molar-refractivity contribution is 0.298. The third kappa shape index (κ3) is 2.90. The van der Waals surface area contributed by atoms with Crippen molar-refractivity contribution in [2.45, 2.75) is 33.4 Å². The first-order valence-corrected chi connectivity index (χ1v) is 5.49. The second kappa shape index (κ2) is 5.77. The molecule has 0 aliphatic rings. The Morgan fingerprint density at radius 1 is 1.56 bits per heavy atom. The van der Waals surface area contributed by atoms with Crippen molar-refractivity contribution in [3.8, 4) is 0 Å². The van der Waals surface area contributed by atoms with Gasteiger partial charge in [-0.05, 0) is 17.9 Å². The van der Waals surface area contributed by atoms with Gasteiger partial charge in [-0.1, -0.05) is 13.8 Å². The number of nitrogens with zero attached hydrogens (tertiary/aromatic N) is 2. The van der Waals surface area contributed by atoms with Crippen molar-refractivity contribution in [3.63, 3.8) is 0 Å². The molecule has 0 aromatic carbocycles. The highest BCUT2D eigenvalue weighted by Gasteiger charge is 2.10. The Hall–Kier alpha value is -1.20. The van der Waals surface area contributed by atoms with E-state index in [1.165, 1.54) is 4.68 Å². The first-order chi connectivity index (χ1) is 7.60. The van der Waals surface area contributed by atoms with Crippen molar-refractivity contribution in [2.24, 2.45) is 11.7 Å². The highest BCUT2D eigenvalue weighted by Crippen LogP contribution is 2.03. The first kappa shape index (κ1) is 12.9. The summed E-state index contributed by atoms with van der Waals surface area (Å²) in [6.07, 6.45) is 2.06. The summed E-state index contributed by atoms with van der Waals surface area (Å²) in [6, 6.07) is 0. The molecule has 0 aliphatic carbocycles. The molecule has 1 aromatic rings. The number of rotatable bonds is 5. The third-order valence-corrected chi connectivity index (χ3v) is 2.36. The molecule has 0 spiro atoms. The molecule has 5 heteroatoms. The van der Waals surface area contributed by atoms with Gasteiger partial charge in [0.05, 0.1) is 6.20 Å². The zero-order valence-corrected chi connectivity index (χ0v) is 9.81. The van der Waals surface area contributed by atoms with Crippen molar-refractivity contribution >= 4 is 0 Å². The SMILES string of the molecule is CC(C)Cn1ncc(CCO)c(CN)c1=O. The molecule has 3 N–H and O–H groups in total. The van der Waals surface area contributed by atoms with Gasteiger partial charge >= 0.3 is 0 Å². The molecule has 5 nitrogen and oxygen atoms in total. The largest absolute Gasteiger partial charge is 0.396 e. The fourth-order valence-corrected chi connectivity index (χ4v) is 1.59. The monoisotopic (exact) mass is 225 g/mol. The van der Waals surface area contributed by atoms with Crippen LogP contribution in [0.3, 0.4) is 0 Å². The highest BCUT2D eigenvalue weighted by atomic mass is 16.3. The van der Waals surface area contributed by atoms with Crippen LogP contribution < -0.4 is 11.3 Å². The minimum absolute atomic E-state index is 0.00230. The molecule has 0 radical (unpaired) electrons. The first-order valence-electron chi connectivity index (χ1n) is 5.49. The summed E-state index contributed by atoms with van der Waals surface area (Å²) in [5.41, 5.74) is 6.73. The van der Waals surface area contributed by atoms with E-state index in [0.29, 0.717) is 24.4 Å². The summed E-state index contributed by atoms with van der Waals surface area (Å²) < 4.78 is 1.44. The van der Waals surface area contributed by atoms with Gasteiger partial charge in [0.1, 0.15) is 0 Å². The van der Waals surface area contributed by atoms with Crippen LogP contribution in [-0.4, -0.2) is 21.5 Å². The maximum atomic E-state index is 12.0. The molecule has 0 aliphatic heterocycles. The molecule has 0 bridgehead atoms. The lowest BCUT2D eigenvalue weighted by Gasteiger charge is -2.11. The lowest BCUT2D eigenvalue weighted by Crippen LogP contribution is -2.30. The van der Waals surface area contributed by atoms with Crippen LogP contribution in [0, 0.1) is 5.92 Å². The standard InChI is InChI=1S/C11H19N3O2/c1-8(2)7-14-11(16)10(5-12)9(3-4-15)6-13-14/h6,8,15H,3-5,7,12H2,1-2H3. The van der Waals surface area contributed by atoms with Gasteiger partial charge in [0, 0.05) is 25.3 Å². The summed E-state index contributed by atoms with van der Waals surface area (Å²) >= 11 is 0. The third-order valence-electron chi connectivity index (χ3n) is 2.36. The smallest absolute Gasteiger partial charge is 0.271 e. The van der Waals surface area contributed by atoms with Crippen molar-refractivity contribution in [1.29, 1.82) is 0 Å². The number of nitrogens with two attached hydrogens (primary N) is 1. The van der Waals surface area contributed by atoms with Gasteiger partial charge < -0.3 is 10.8 Å². The topological polar surface area (TPSA) is 81.1 Å². The average Bonchev–Trinajstić information content (AvgIpc) is 2.22. The zero-order chi connectivity index (χ0) is 12.1. The summed E-state index contributed by atoms with van der Waals surface area (Å²) in [4.78, 5) is 12.0. The van der Waals surface area contributed by atoms with E-state index in [9.17, 15) is 4.79 Å². The van der Waals surface area contributed by atoms with Gasteiger partial charge in [0.25, 0.3) is 5.56 Å². The van der Waals surface area contributed by atoms with E-state index in [4.69, 9.17) is 10.8 Å². The maximum absolute atomic E-state index is 12.0. The Labute approximate surface area is 94.9 Å². The molecule has 90 valence electrons. The van der Waals surface area contributed by atoms with Crippen LogP contribution in [-0.2, 0) is 19.5 Å². The summed E-state index contributed by atoms with van der Waals surface area (Å²) in [5.74, 6) is 0.361. The Bertz CT molecular complexity index is 399. The van der Waals surface area contributed by atoms with E-state index < -0.39 is 0 Å². The zero-order valence-electron chi connectivity index (χ0n) is 9.81. The average molecular weight is 225 g/mol. The molecule has 0 atom stereocenters. The Morgan fingerprint density at radius 2 is 2.25 bits per heavy atom. The molecule has 0 amide bonds. The van der Waals surface area contributed by atoms with Crippen LogP contribution in [0.15, 0.2) is 11.0 Å². The fraction of sp³-hybridized carbons (Fsp3) is 0.636. The lowest BCUT2D eigenvalue weighted by atomic mass is 10.1. The van der Waals surface area contributed by atoms with E-state index in [1.807, 2.05) is 13.8 Å². The quantitative estimate of drug-likeness (QED) is 0.732. The minimum atomic E-state index is -0.137. The minimum Gasteiger partial charge on any atom is -0.396 e. The van der Waals surface area contributed by atoms with E-state index >= 15 is 0 Å². The Balaban J connectivity index is 3.13. The van der Waals surface area contributed by atoms with E-state index in [2.05, 4.69) is 5.10 Å². The van der Waals surface area contributed by atoms with Crippen molar-refractivity contribution in [1.82, 2.24) is 9.78 Å². The van der Waals surface area contributed by atoms with Crippen molar-refractivity contribution in [3.05, 3.63) is 27.7 Å². The number of hydrogen-bond donors (Lipinski definition) is 2. The van der Waals surface area contributed by atoms with Crippen LogP contribution in [0.2, 0.25) is 0 Å². The van der Waals surface area contributed by atoms with Crippen LogP contribution in [0.1, 0.15) is 25.0 Å². The van der Waals surface area contributed by atoms with Crippen LogP contribution in [0.25, 0.3) is 0 Å². The van der Waals surface area contributed by atoms with E-state index in [1.54, 1.807) is 6.20 Å². The predicted octanol–water partition coefficient (Wildman–Crippen LogP) is -0.107. The number of aliphatic hydroxyl groups excluding tert-OH is 1. The van der Waals surface area contributed by atoms with Gasteiger partial charge in [-0.3, -0.25) is 4.79 Å². The van der Waals surface area contributed by atoms with Gasteiger partial charge in [-0.2, -0.15) is 5.10 Å². The Kier molecular flexibility index (Phi) is 4.64. The molecule has 0 saturated heterocycles. The molecule has 0 fully saturated rings. The summed E-state index contributed by atoms with van der Waals surface area (Å²) in [6.45, 7) is 4.83. The van der Waals surface area contributed by atoms with Crippen molar-refractivity contribution < 1.29 is 5.11 Å².